The summed E-state index contributed by atoms with van der Waals surface area (Å²) in [7, 11) is 0. The van der Waals surface area contributed by atoms with E-state index in [1.807, 2.05) is 49.6 Å². The molecule has 0 spiro atoms. The number of aromatic nitrogens is 3. The van der Waals surface area contributed by atoms with Gasteiger partial charge in [0.2, 0.25) is 0 Å². The maximum atomic E-state index is 12.2. The Hall–Kier alpha value is -2.95. The van der Waals surface area contributed by atoms with Crippen molar-refractivity contribution in [2.45, 2.75) is 20.8 Å². The van der Waals surface area contributed by atoms with E-state index in [9.17, 15) is 4.79 Å². The molecule has 0 fully saturated rings. The predicted molar refractivity (Wildman–Crippen MR) is 90.0 cm³/mol. The first-order valence-electron chi connectivity index (χ1n) is 7.39. The summed E-state index contributed by atoms with van der Waals surface area (Å²) >= 11 is 0. The molecular formula is C18H18N4O. The lowest BCUT2D eigenvalue weighted by molar-refractivity contribution is 0.102. The van der Waals surface area contributed by atoms with E-state index < -0.39 is 0 Å². The average molecular weight is 306 g/mol. The van der Waals surface area contributed by atoms with Crippen LogP contribution in [0.2, 0.25) is 0 Å². The fraction of sp³-hybridized carbons (Fsp3) is 0.167. The molecule has 1 aromatic carbocycles. The van der Waals surface area contributed by atoms with E-state index in [2.05, 4.69) is 15.3 Å². The van der Waals surface area contributed by atoms with E-state index in [1.165, 1.54) is 0 Å². The smallest absolute Gasteiger partial charge is 0.255 e. The Balaban J connectivity index is 1.78. The van der Waals surface area contributed by atoms with Crippen LogP contribution >= 0.6 is 0 Å². The van der Waals surface area contributed by atoms with Crippen molar-refractivity contribution in [3.8, 4) is 5.69 Å². The molecule has 0 atom stereocenters. The molecule has 3 aromatic rings. The molecule has 5 nitrogen and oxygen atoms in total. The summed E-state index contributed by atoms with van der Waals surface area (Å²) in [4.78, 5) is 20.6. The fourth-order valence-corrected chi connectivity index (χ4v) is 2.35. The largest absolute Gasteiger partial charge is 0.322 e. The van der Waals surface area contributed by atoms with E-state index in [-0.39, 0.29) is 5.91 Å². The zero-order valence-corrected chi connectivity index (χ0v) is 13.4. The molecule has 23 heavy (non-hydrogen) atoms. The lowest BCUT2D eigenvalue weighted by Gasteiger charge is -2.09. The second-order valence-electron chi connectivity index (χ2n) is 5.47. The SMILES string of the molecule is Cc1cc(C(=O)Nc2ccc(-n3cnc(C)c3C)cc2)ccn1. The zero-order valence-electron chi connectivity index (χ0n) is 13.4. The Kier molecular flexibility index (Phi) is 3.93. The molecule has 0 saturated heterocycles. The first kappa shape index (κ1) is 15.0. The summed E-state index contributed by atoms with van der Waals surface area (Å²) in [5.41, 5.74) is 5.30. The summed E-state index contributed by atoms with van der Waals surface area (Å²) in [6, 6.07) is 11.2. The highest BCUT2D eigenvalue weighted by molar-refractivity contribution is 6.04. The Morgan fingerprint density at radius 2 is 1.78 bits per heavy atom. The first-order chi connectivity index (χ1) is 11.0. The third-order valence-corrected chi connectivity index (χ3v) is 3.81. The molecule has 0 saturated carbocycles. The number of anilines is 1. The fourth-order valence-electron chi connectivity index (χ4n) is 2.35. The number of imidazole rings is 1. The van der Waals surface area contributed by atoms with Crippen LogP contribution in [0.1, 0.15) is 27.4 Å². The van der Waals surface area contributed by atoms with Crippen molar-refractivity contribution >= 4 is 11.6 Å². The van der Waals surface area contributed by atoms with Crippen molar-refractivity contribution < 1.29 is 4.79 Å². The molecule has 3 rings (SSSR count). The van der Waals surface area contributed by atoms with Crippen LogP contribution < -0.4 is 5.32 Å². The number of carbonyl (C=O) groups is 1. The van der Waals surface area contributed by atoms with Gasteiger partial charge < -0.3 is 9.88 Å². The zero-order chi connectivity index (χ0) is 16.4. The molecule has 2 heterocycles. The van der Waals surface area contributed by atoms with Crippen molar-refractivity contribution in [1.82, 2.24) is 14.5 Å². The number of nitrogens with one attached hydrogen (secondary N) is 1. The Morgan fingerprint density at radius 3 is 2.39 bits per heavy atom. The van der Waals surface area contributed by atoms with Crippen LogP contribution in [-0.4, -0.2) is 20.4 Å². The Bertz CT molecular complexity index is 850. The van der Waals surface area contributed by atoms with E-state index in [0.717, 1.165) is 28.5 Å². The minimum absolute atomic E-state index is 0.141. The number of hydrogen-bond donors (Lipinski definition) is 1. The quantitative estimate of drug-likeness (QED) is 0.806. The number of carbonyl (C=O) groups excluding carboxylic acids is 1. The minimum Gasteiger partial charge on any atom is -0.322 e. The summed E-state index contributed by atoms with van der Waals surface area (Å²) in [6.07, 6.45) is 3.44. The highest BCUT2D eigenvalue weighted by Crippen LogP contribution is 2.17. The standard InChI is InChI=1S/C18H18N4O/c1-12-10-15(8-9-19-12)18(23)21-16-4-6-17(7-5-16)22-11-20-13(2)14(22)3/h4-11H,1-3H3,(H,21,23). The van der Waals surface area contributed by atoms with Gasteiger partial charge in [-0.3, -0.25) is 9.78 Å². The van der Waals surface area contributed by atoms with E-state index >= 15 is 0 Å². The third kappa shape index (κ3) is 3.13. The maximum Gasteiger partial charge on any atom is 0.255 e. The van der Waals surface area contributed by atoms with Crippen LogP contribution in [0.25, 0.3) is 5.69 Å². The number of benzene rings is 1. The number of pyridine rings is 1. The predicted octanol–water partition coefficient (Wildman–Crippen LogP) is 3.44. The molecule has 0 aliphatic heterocycles. The number of aryl methyl sites for hydroxylation is 2. The molecule has 0 radical (unpaired) electrons. The number of nitrogens with zero attached hydrogens (tertiary/aromatic N) is 3. The lowest BCUT2D eigenvalue weighted by Crippen LogP contribution is -2.12. The molecule has 0 unspecified atom stereocenters. The number of hydrogen-bond acceptors (Lipinski definition) is 3. The molecule has 0 aliphatic rings. The van der Waals surface area contributed by atoms with Crippen LogP contribution in [0.15, 0.2) is 48.9 Å². The van der Waals surface area contributed by atoms with Gasteiger partial charge in [-0.15, -0.1) is 0 Å². The molecule has 1 amide bonds. The highest BCUT2D eigenvalue weighted by atomic mass is 16.1. The van der Waals surface area contributed by atoms with Crippen molar-refractivity contribution in [2.75, 3.05) is 5.32 Å². The van der Waals surface area contributed by atoms with Gasteiger partial charge in [0.25, 0.3) is 5.91 Å². The van der Waals surface area contributed by atoms with Crippen molar-refractivity contribution in [3.63, 3.8) is 0 Å². The summed E-state index contributed by atoms with van der Waals surface area (Å²) in [5.74, 6) is -0.141. The van der Waals surface area contributed by atoms with Gasteiger partial charge in [-0.1, -0.05) is 0 Å². The molecule has 5 heteroatoms. The Labute approximate surface area is 135 Å². The van der Waals surface area contributed by atoms with E-state index in [0.29, 0.717) is 5.56 Å². The molecular weight excluding hydrogens is 288 g/mol. The molecule has 0 bridgehead atoms. The summed E-state index contributed by atoms with van der Waals surface area (Å²) in [6.45, 7) is 5.88. The van der Waals surface area contributed by atoms with Gasteiger partial charge in [0.15, 0.2) is 0 Å². The molecule has 116 valence electrons. The number of amides is 1. The van der Waals surface area contributed by atoms with Gasteiger partial charge in [0.05, 0.1) is 12.0 Å². The lowest BCUT2D eigenvalue weighted by atomic mass is 10.2. The van der Waals surface area contributed by atoms with Gasteiger partial charge in [0, 0.05) is 34.5 Å². The van der Waals surface area contributed by atoms with Crippen LogP contribution in [0, 0.1) is 20.8 Å². The second kappa shape index (κ2) is 6.04. The van der Waals surface area contributed by atoms with Gasteiger partial charge in [0.1, 0.15) is 0 Å². The van der Waals surface area contributed by atoms with Crippen LogP contribution in [0.5, 0.6) is 0 Å². The van der Waals surface area contributed by atoms with Crippen molar-refractivity contribution in [1.29, 1.82) is 0 Å². The summed E-state index contributed by atoms with van der Waals surface area (Å²) < 4.78 is 2.02. The summed E-state index contributed by atoms with van der Waals surface area (Å²) in [5, 5.41) is 2.89. The van der Waals surface area contributed by atoms with Crippen molar-refractivity contribution in [2.24, 2.45) is 0 Å². The van der Waals surface area contributed by atoms with Gasteiger partial charge in [-0.05, 0) is 57.2 Å². The van der Waals surface area contributed by atoms with Gasteiger partial charge >= 0.3 is 0 Å². The topological polar surface area (TPSA) is 59.8 Å². The second-order valence-corrected chi connectivity index (χ2v) is 5.47. The third-order valence-electron chi connectivity index (χ3n) is 3.81. The highest BCUT2D eigenvalue weighted by Gasteiger charge is 2.08. The van der Waals surface area contributed by atoms with Crippen LogP contribution in [0.3, 0.4) is 0 Å². The van der Waals surface area contributed by atoms with Crippen molar-refractivity contribution in [3.05, 3.63) is 71.6 Å². The first-order valence-corrected chi connectivity index (χ1v) is 7.39. The maximum absolute atomic E-state index is 12.2. The van der Waals surface area contributed by atoms with E-state index in [4.69, 9.17) is 0 Å². The normalized spacial score (nSPS) is 10.6. The van der Waals surface area contributed by atoms with Gasteiger partial charge in [-0.2, -0.15) is 0 Å². The van der Waals surface area contributed by atoms with Crippen LogP contribution in [-0.2, 0) is 0 Å². The molecule has 1 N–H and O–H groups in total. The minimum atomic E-state index is -0.141. The van der Waals surface area contributed by atoms with Gasteiger partial charge in [-0.25, -0.2) is 4.98 Å². The average Bonchev–Trinajstić information content (AvgIpc) is 2.88. The monoisotopic (exact) mass is 306 g/mol. The molecule has 0 aliphatic carbocycles. The van der Waals surface area contributed by atoms with E-state index in [1.54, 1.807) is 24.7 Å². The molecule has 2 aromatic heterocycles. The number of rotatable bonds is 3. The van der Waals surface area contributed by atoms with Crippen LogP contribution in [0.4, 0.5) is 5.69 Å². The Morgan fingerprint density at radius 1 is 1.04 bits per heavy atom.